The molecule has 0 aliphatic heterocycles. The Morgan fingerprint density at radius 2 is 1.80 bits per heavy atom. The SMILES string of the molecule is Cc1nnc(-c2[nH]c(C)c(S(=O)(=O)NC(C)c3ccccc3)c2C)o1. The van der Waals surface area contributed by atoms with Gasteiger partial charge in [-0.25, -0.2) is 13.1 Å². The molecule has 132 valence electrons. The van der Waals surface area contributed by atoms with E-state index in [9.17, 15) is 8.42 Å². The molecule has 2 aromatic heterocycles. The number of nitrogens with one attached hydrogen (secondary N) is 2. The van der Waals surface area contributed by atoms with E-state index in [-0.39, 0.29) is 16.8 Å². The molecule has 1 atom stereocenters. The highest BCUT2D eigenvalue weighted by atomic mass is 32.2. The summed E-state index contributed by atoms with van der Waals surface area (Å²) in [6.45, 7) is 6.93. The predicted octanol–water partition coefficient (Wildman–Crippen LogP) is 3.03. The van der Waals surface area contributed by atoms with Crippen molar-refractivity contribution in [3.8, 4) is 11.6 Å². The van der Waals surface area contributed by atoms with Crippen LogP contribution in [-0.2, 0) is 10.0 Å². The summed E-state index contributed by atoms with van der Waals surface area (Å²) >= 11 is 0. The molecule has 0 aliphatic rings. The number of aryl methyl sites for hydroxylation is 2. The molecule has 25 heavy (non-hydrogen) atoms. The van der Waals surface area contributed by atoms with E-state index in [1.54, 1.807) is 20.8 Å². The monoisotopic (exact) mass is 360 g/mol. The van der Waals surface area contributed by atoms with Crippen LogP contribution in [0.5, 0.6) is 0 Å². The number of sulfonamides is 1. The van der Waals surface area contributed by atoms with Gasteiger partial charge in [0.25, 0.3) is 5.89 Å². The fourth-order valence-corrected chi connectivity index (χ4v) is 4.53. The highest BCUT2D eigenvalue weighted by Crippen LogP contribution is 2.30. The van der Waals surface area contributed by atoms with Crippen LogP contribution >= 0.6 is 0 Å². The highest BCUT2D eigenvalue weighted by Gasteiger charge is 2.27. The molecule has 0 saturated carbocycles. The molecule has 0 saturated heterocycles. The van der Waals surface area contributed by atoms with Gasteiger partial charge in [-0.1, -0.05) is 30.3 Å². The average molecular weight is 360 g/mol. The van der Waals surface area contributed by atoms with Crippen molar-refractivity contribution >= 4 is 10.0 Å². The van der Waals surface area contributed by atoms with Crippen LogP contribution in [0.3, 0.4) is 0 Å². The van der Waals surface area contributed by atoms with Gasteiger partial charge in [0.1, 0.15) is 10.6 Å². The Hall–Kier alpha value is -2.45. The Bertz CT molecular complexity index is 990. The third-order valence-electron chi connectivity index (χ3n) is 4.01. The van der Waals surface area contributed by atoms with E-state index >= 15 is 0 Å². The Labute approximate surface area is 146 Å². The van der Waals surface area contributed by atoms with Gasteiger partial charge in [-0.05, 0) is 31.9 Å². The van der Waals surface area contributed by atoms with Gasteiger partial charge >= 0.3 is 0 Å². The predicted molar refractivity (Wildman–Crippen MR) is 93.5 cm³/mol. The summed E-state index contributed by atoms with van der Waals surface area (Å²) in [5.74, 6) is 0.692. The van der Waals surface area contributed by atoms with Crippen LogP contribution < -0.4 is 4.72 Å². The van der Waals surface area contributed by atoms with E-state index in [4.69, 9.17) is 4.42 Å². The standard InChI is InChI=1S/C17H20N4O3S/c1-10-15(17-20-19-13(4)24-17)18-12(3)16(10)25(22,23)21-11(2)14-8-6-5-7-9-14/h5-9,11,18,21H,1-4H3. The normalized spacial score (nSPS) is 13.1. The van der Waals surface area contributed by atoms with Crippen LogP contribution in [0.1, 0.15) is 35.7 Å². The van der Waals surface area contributed by atoms with Crippen LogP contribution in [0.25, 0.3) is 11.6 Å². The molecule has 0 amide bonds. The van der Waals surface area contributed by atoms with Gasteiger partial charge in [0, 0.05) is 18.7 Å². The maximum atomic E-state index is 12.9. The fraction of sp³-hybridized carbons (Fsp3) is 0.294. The zero-order chi connectivity index (χ0) is 18.2. The van der Waals surface area contributed by atoms with Crippen molar-refractivity contribution in [2.75, 3.05) is 0 Å². The minimum absolute atomic E-state index is 0.209. The third-order valence-corrected chi connectivity index (χ3v) is 5.82. The van der Waals surface area contributed by atoms with E-state index in [1.807, 2.05) is 37.3 Å². The maximum Gasteiger partial charge on any atom is 0.264 e. The van der Waals surface area contributed by atoms with Crippen molar-refractivity contribution in [3.63, 3.8) is 0 Å². The van der Waals surface area contributed by atoms with Gasteiger partial charge < -0.3 is 9.40 Å². The summed E-state index contributed by atoms with van der Waals surface area (Å²) in [7, 11) is -3.72. The van der Waals surface area contributed by atoms with Crippen LogP contribution in [0, 0.1) is 20.8 Å². The second kappa shape index (κ2) is 6.45. The Morgan fingerprint density at radius 3 is 2.40 bits per heavy atom. The van der Waals surface area contributed by atoms with E-state index < -0.39 is 10.0 Å². The van der Waals surface area contributed by atoms with Crippen molar-refractivity contribution < 1.29 is 12.8 Å². The van der Waals surface area contributed by atoms with Gasteiger partial charge in [0.05, 0.1) is 0 Å². The van der Waals surface area contributed by atoms with Gasteiger partial charge in [-0.15, -0.1) is 10.2 Å². The zero-order valence-electron chi connectivity index (χ0n) is 14.5. The fourth-order valence-electron chi connectivity index (χ4n) is 2.85. The number of H-pyrrole nitrogens is 1. The quantitative estimate of drug-likeness (QED) is 0.728. The number of aromatic nitrogens is 3. The second-order valence-corrected chi connectivity index (χ2v) is 7.61. The lowest BCUT2D eigenvalue weighted by molar-refractivity contribution is 0.531. The van der Waals surface area contributed by atoms with E-state index in [2.05, 4.69) is 19.9 Å². The number of rotatable bonds is 5. The molecular formula is C17H20N4O3S. The summed E-state index contributed by atoms with van der Waals surface area (Å²) in [5, 5.41) is 7.75. The Morgan fingerprint density at radius 1 is 1.12 bits per heavy atom. The Balaban J connectivity index is 1.96. The first-order valence-electron chi connectivity index (χ1n) is 7.86. The lowest BCUT2D eigenvalue weighted by Gasteiger charge is -2.15. The lowest BCUT2D eigenvalue weighted by Crippen LogP contribution is -2.27. The maximum absolute atomic E-state index is 12.9. The first kappa shape index (κ1) is 17.4. The van der Waals surface area contributed by atoms with Crippen LogP contribution in [0.4, 0.5) is 0 Å². The van der Waals surface area contributed by atoms with Crippen molar-refractivity contribution in [1.29, 1.82) is 0 Å². The van der Waals surface area contributed by atoms with Crippen molar-refractivity contribution in [2.45, 2.75) is 38.6 Å². The van der Waals surface area contributed by atoms with Crippen LogP contribution in [0.15, 0.2) is 39.6 Å². The molecule has 2 heterocycles. The average Bonchev–Trinajstić information content (AvgIpc) is 3.11. The number of nitrogens with zero attached hydrogens (tertiary/aromatic N) is 2. The topological polar surface area (TPSA) is 101 Å². The number of hydrogen-bond donors (Lipinski definition) is 2. The third kappa shape index (κ3) is 3.35. The van der Waals surface area contributed by atoms with Gasteiger partial charge in [0.2, 0.25) is 15.9 Å². The van der Waals surface area contributed by atoms with Gasteiger partial charge in [0.15, 0.2) is 0 Å². The first-order valence-corrected chi connectivity index (χ1v) is 9.35. The minimum atomic E-state index is -3.72. The summed E-state index contributed by atoms with van der Waals surface area (Å²) in [6.07, 6.45) is 0. The second-order valence-electron chi connectivity index (χ2n) is 5.96. The van der Waals surface area contributed by atoms with Gasteiger partial charge in [-0.3, -0.25) is 0 Å². The number of benzene rings is 1. The largest absolute Gasteiger partial charge is 0.420 e. The van der Waals surface area contributed by atoms with Crippen molar-refractivity contribution in [3.05, 3.63) is 53.0 Å². The van der Waals surface area contributed by atoms with E-state index in [1.165, 1.54) is 0 Å². The summed E-state index contributed by atoms with van der Waals surface area (Å²) in [4.78, 5) is 3.26. The molecule has 1 unspecified atom stereocenters. The molecule has 3 aromatic rings. The highest BCUT2D eigenvalue weighted by molar-refractivity contribution is 7.89. The summed E-state index contributed by atoms with van der Waals surface area (Å²) < 4.78 is 34.0. The smallest absolute Gasteiger partial charge is 0.264 e. The summed E-state index contributed by atoms with van der Waals surface area (Å²) in [5.41, 5.74) is 2.49. The lowest BCUT2D eigenvalue weighted by atomic mass is 10.1. The Kier molecular flexibility index (Phi) is 4.49. The van der Waals surface area contributed by atoms with Crippen LogP contribution in [0.2, 0.25) is 0 Å². The van der Waals surface area contributed by atoms with E-state index in [0.29, 0.717) is 22.8 Å². The minimum Gasteiger partial charge on any atom is -0.420 e. The number of aromatic amines is 1. The molecule has 0 bridgehead atoms. The first-order chi connectivity index (χ1) is 11.8. The molecule has 3 rings (SSSR count). The van der Waals surface area contributed by atoms with Crippen molar-refractivity contribution in [2.24, 2.45) is 0 Å². The van der Waals surface area contributed by atoms with Crippen LogP contribution in [-0.4, -0.2) is 23.6 Å². The number of hydrogen-bond acceptors (Lipinski definition) is 5. The molecule has 1 aromatic carbocycles. The molecule has 8 heteroatoms. The zero-order valence-corrected chi connectivity index (χ0v) is 15.3. The molecule has 0 fully saturated rings. The molecule has 0 radical (unpaired) electrons. The molecule has 7 nitrogen and oxygen atoms in total. The molecule has 2 N–H and O–H groups in total. The molecular weight excluding hydrogens is 340 g/mol. The van der Waals surface area contributed by atoms with E-state index in [0.717, 1.165) is 5.56 Å². The summed E-state index contributed by atoms with van der Waals surface area (Å²) in [6, 6.07) is 9.07. The molecule has 0 aliphatic carbocycles. The van der Waals surface area contributed by atoms with Crippen molar-refractivity contribution in [1.82, 2.24) is 19.9 Å². The molecule has 0 spiro atoms. The van der Waals surface area contributed by atoms with Gasteiger partial charge in [-0.2, -0.15) is 0 Å².